The van der Waals surface area contributed by atoms with Gasteiger partial charge in [0.15, 0.2) is 0 Å². The van der Waals surface area contributed by atoms with Crippen LogP contribution in [0.4, 0.5) is 5.69 Å². The molecule has 0 aliphatic heterocycles. The molecule has 0 heterocycles. The fourth-order valence-electron chi connectivity index (χ4n) is 1.51. The predicted molar refractivity (Wildman–Crippen MR) is 78.2 cm³/mol. The molecule has 0 aromatic heterocycles. The van der Waals surface area contributed by atoms with E-state index in [2.05, 4.69) is 0 Å². The maximum atomic E-state index is 10.6. The maximum absolute atomic E-state index is 10.6. The van der Waals surface area contributed by atoms with Gasteiger partial charge in [-0.1, -0.05) is 23.4 Å². The van der Waals surface area contributed by atoms with E-state index >= 15 is 0 Å². The number of nitro groups is 1. The van der Waals surface area contributed by atoms with Crippen LogP contribution in [0.15, 0.2) is 52.3 Å². The number of nitro benzene ring substituents is 1. The largest absolute Gasteiger partial charge is 0.269 e. The third kappa shape index (κ3) is 3.62. The number of rotatable bonds is 4. The first-order chi connectivity index (χ1) is 9.10. The summed E-state index contributed by atoms with van der Waals surface area (Å²) in [6, 6.07) is 11.9. The number of non-ortho nitro benzene ring substituents is 1. The lowest BCUT2D eigenvalue weighted by Crippen LogP contribution is -1.87. The van der Waals surface area contributed by atoms with E-state index in [4.69, 9.17) is 23.2 Å². The molecule has 2 rings (SSSR count). The summed E-state index contributed by atoms with van der Waals surface area (Å²) >= 11 is 13.3. The monoisotopic (exact) mass is 313 g/mol. The van der Waals surface area contributed by atoms with Crippen LogP contribution in [0, 0.1) is 10.1 Å². The number of benzene rings is 2. The quantitative estimate of drug-likeness (QED) is 0.446. The Morgan fingerprint density at radius 3 is 2.42 bits per heavy atom. The van der Waals surface area contributed by atoms with Crippen molar-refractivity contribution < 1.29 is 4.92 Å². The van der Waals surface area contributed by atoms with Gasteiger partial charge in [0.1, 0.15) is 0 Å². The third-order valence-electron chi connectivity index (χ3n) is 2.44. The molecule has 0 aliphatic carbocycles. The number of nitrogens with zero attached hydrogens (tertiary/aromatic N) is 1. The van der Waals surface area contributed by atoms with E-state index in [1.165, 1.54) is 23.9 Å². The molecule has 2 aromatic carbocycles. The minimum Gasteiger partial charge on any atom is -0.258 e. The summed E-state index contributed by atoms with van der Waals surface area (Å²) in [5.41, 5.74) is 1.02. The zero-order valence-corrected chi connectivity index (χ0v) is 12.0. The van der Waals surface area contributed by atoms with E-state index in [1.807, 2.05) is 12.1 Å². The highest BCUT2D eigenvalue weighted by Crippen LogP contribution is 2.33. The molecule has 0 spiro atoms. The van der Waals surface area contributed by atoms with Gasteiger partial charge in [-0.2, -0.15) is 0 Å². The third-order valence-corrected chi connectivity index (χ3v) is 4.09. The Labute approximate surface area is 124 Å². The summed E-state index contributed by atoms with van der Waals surface area (Å²) in [4.78, 5) is 12.1. The van der Waals surface area contributed by atoms with Crippen molar-refractivity contribution in [1.82, 2.24) is 0 Å². The molecule has 19 heavy (non-hydrogen) atoms. The fraction of sp³-hybridized carbons (Fsp3) is 0.0769. The number of halogens is 2. The van der Waals surface area contributed by atoms with Crippen molar-refractivity contribution in [2.75, 3.05) is 0 Å². The molecule has 98 valence electrons. The second-order valence-corrected chi connectivity index (χ2v) is 5.56. The molecule has 3 nitrogen and oxygen atoms in total. The van der Waals surface area contributed by atoms with Crippen LogP contribution in [0.25, 0.3) is 0 Å². The molecule has 0 atom stereocenters. The Morgan fingerprint density at radius 2 is 1.84 bits per heavy atom. The Kier molecular flexibility index (Phi) is 4.69. The fourth-order valence-corrected chi connectivity index (χ4v) is 2.93. The van der Waals surface area contributed by atoms with Gasteiger partial charge in [0.2, 0.25) is 0 Å². The predicted octanol–water partition coefficient (Wildman–Crippen LogP) is 5.14. The molecule has 6 heteroatoms. The Hall–Kier alpha value is -1.23. The van der Waals surface area contributed by atoms with Crippen molar-refractivity contribution >= 4 is 40.7 Å². The first-order valence-corrected chi connectivity index (χ1v) is 7.10. The first kappa shape index (κ1) is 14.2. The number of hydrogen-bond donors (Lipinski definition) is 0. The van der Waals surface area contributed by atoms with Gasteiger partial charge < -0.3 is 0 Å². The van der Waals surface area contributed by atoms with E-state index in [0.717, 1.165) is 15.4 Å². The minimum atomic E-state index is -0.416. The molecule has 0 bridgehead atoms. The van der Waals surface area contributed by atoms with Crippen LogP contribution in [0.1, 0.15) is 5.56 Å². The van der Waals surface area contributed by atoms with Crippen molar-refractivity contribution in [3.63, 3.8) is 0 Å². The molecule has 0 fully saturated rings. The van der Waals surface area contributed by atoms with Crippen molar-refractivity contribution in [1.29, 1.82) is 0 Å². The van der Waals surface area contributed by atoms with Gasteiger partial charge >= 0.3 is 0 Å². The molecule has 0 amide bonds. The van der Waals surface area contributed by atoms with Gasteiger partial charge in [-0.3, -0.25) is 10.1 Å². The molecule has 2 aromatic rings. The van der Waals surface area contributed by atoms with Crippen LogP contribution in [-0.4, -0.2) is 4.92 Å². The summed E-state index contributed by atoms with van der Waals surface area (Å²) in [5.74, 6) is 0.371. The minimum absolute atomic E-state index is 0.0815. The van der Waals surface area contributed by atoms with Gasteiger partial charge in [0.05, 0.1) is 4.92 Å². The van der Waals surface area contributed by atoms with Gasteiger partial charge in [0, 0.05) is 32.8 Å². The summed E-state index contributed by atoms with van der Waals surface area (Å²) in [7, 11) is 0. The van der Waals surface area contributed by atoms with Gasteiger partial charge in [-0.05, 0) is 35.9 Å². The van der Waals surface area contributed by atoms with Crippen molar-refractivity contribution in [3.8, 4) is 0 Å². The molecule has 0 saturated heterocycles. The van der Waals surface area contributed by atoms with E-state index < -0.39 is 4.92 Å². The lowest BCUT2D eigenvalue weighted by Gasteiger charge is -2.07. The smallest absolute Gasteiger partial charge is 0.258 e. The standard InChI is InChI=1S/C13H9Cl2NO2S/c14-8-9-7-10(15)1-6-13(9)19-12-4-2-11(3-5-12)16(17)18/h1-7H,8H2. The number of hydrogen-bond acceptors (Lipinski definition) is 3. The maximum Gasteiger partial charge on any atom is 0.269 e. The highest BCUT2D eigenvalue weighted by molar-refractivity contribution is 7.99. The highest BCUT2D eigenvalue weighted by Gasteiger charge is 2.07. The van der Waals surface area contributed by atoms with Crippen LogP contribution < -0.4 is 0 Å². The molecule has 0 unspecified atom stereocenters. The molecule has 0 saturated carbocycles. The van der Waals surface area contributed by atoms with Gasteiger partial charge in [-0.15, -0.1) is 11.6 Å². The summed E-state index contributed by atoms with van der Waals surface area (Å²) in [6.45, 7) is 0. The van der Waals surface area contributed by atoms with Crippen LogP contribution in [0.3, 0.4) is 0 Å². The summed E-state index contributed by atoms with van der Waals surface area (Å²) in [5, 5.41) is 11.2. The summed E-state index contributed by atoms with van der Waals surface area (Å²) in [6.07, 6.45) is 0. The van der Waals surface area contributed by atoms with Gasteiger partial charge in [0.25, 0.3) is 5.69 Å². The average molecular weight is 314 g/mol. The van der Waals surface area contributed by atoms with Crippen LogP contribution >= 0.6 is 35.0 Å². The Bertz CT molecular complexity index is 602. The average Bonchev–Trinajstić information content (AvgIpc) is 2.41. The van der Waals surface area contributed by atoms with Crippen molar-refractivity contribution in [2.24, 2.45) is 0 Å². The second-order valence-electron chi connectivity index (χ2n) is 3.74. The first-order valence-electron chi connectivity index (χ1n) is 5.37. The van der Waals surface area contributed by atoms with Gasteiger partial charge in [-0.25, -0.2) is 0 Å². The zero-order chi connectivity index (χ0) is 13.8. The molecule has 0 radical (unpaired) electrons. The SMILES string of the molecule is O=[N+]([O-])c1ccc(Sc2ccc(Cl)cc2CCl)cc1. The van der Waals surface area contributed by atoms with E-state index in [9.17, 15) is 10.1 Å². The molecule has 0 N–H and O–H groups in total. The van der Waals surface area contributed by atoms with E-state index in [-0.39, 0.29) is 5.69 Å². The molecular weight excluding hydrogens is 305 g/mol. The lowest BCUT2D eigenvalue weighted by molar-refractivity contribution is -0.384. The van der Waals surface area contributed by atoms with Crippen molar-refractivity contribution in [2.45, 2.75) is 15.7 Å². The van der Waals surface area contributed by atoms with E-state index in [1.54, 1.807) is 18.2 Å². The second kappa shape index (κ2) is 6.28. The highest BCUT2D eigenvalue weighted by atomic mass is 35.5. The van der Waals surface area contributed by atoms with E-state index in [0.29, 0.717) is 10.9 Å². The Balaban J connectivity index is 2.23. The Morgan fingerprint density at radius 1 is 1.16 bits per heavy atom. The normalized spacial score (nSPS) is 10.4. The van der Waals surface area contributed by atoms with Crippen LogP contribution in [0.2, 0.25) is 5.02 Å². The van der Waals surface area contributed by atoms with Crippen molar-refractivity contribution in [3.05, 3.63) is 63.2 Å². The molecular formula is C13H9Cl2NO2S. The zero-order valence-electron chi connectivity index (χ0n) is 9.68. The lowest BCUT2D eigenvalue weighted by atomic mass is 10.2. The van der Waals surface area contributed by atoms with Crippen LogP contribution in [-0.2, 0) is 5.88 Å². The molecule has 0 aliphatic rings. The van der Waals surface area contributed by atoms with Crippen LogP contribution in [0.5, 0.6) is 0 Å². The topological polar surface area (TPSA) is 43.1 Å². The number of alkyl halides is 1. The summed E-state index contributed by atoms with van der Waals surface area (Å²) < 4.78 is 0.